The lowest BCUT2D eigenvalue weighted by molar-refractivity contribution is 0.791. The fourth-order valence-corrected chi connectivity index (χ4v) is 1.46. The molecule has 18 heavy (non-hydrogen) atoms. The topological polar surface area (TPSA) is 12.4 Å². The van der Waals surface area contributed by atoms with E-state index in [0.717, 1.165) is 4.91 Å². The summed E-state index contributed by atoms with van der Waals surface area (Å²) in [4.78, 5) is 4.88. The molecule has 102 valence electrons. The van der Waals surface area contributed by atoms with Crippen molar-refractivity contribution in [3.8, 4) is 0 Å². The van der Waals surface area contributed by atoms with Crippen molar-refractivity contribution in [2.75, 3.05) is 7.05 Å². The zero-order chi connectivity index (χ0) is 14.4. The molecule has 0 saturated carbocycles. The smallest absolute Gasteiger partial charge is 0.0585 e. The van der Waals surface area contributed by atoms with Gasteiger partial charge in [0.15, 0.2) is 0 Å². The van der Waals surface area contributed by atoms with Gasteiger partial charge in [0.25, 0.3) is 0 Å². The van der Waals surface area contributed by atoms with E-state index in [-0.39, 0.29) is 0 Å². The van der Waals surface area contributed by atoms with Gasteiger partial charge in [0, 0.05) is 12.0 Å². The lowest BCUT2D eigenvalue weighted by atomic mass is 10.0. The van der Waals surface area contributed by atoms with Crippen LogP contribution in [0.5, 0.6) is 0 Å². The average molecular weight is 265 g/mol. The van der Waals surface area contributed by atoms with Crippen LogP contribution in [-0.4, -0.2) is 12.6 Å². The van der Waals surface area contributed by atoms with E-state index in [9.17, 15) is 0 Å². The highest BCUT2D eigenvalue weighted by molar-refractivity contribution is 8.15. The molecule has 2 heteroatoms. The molecule has 0 aliphatic carbocycles. The minimum atomic E-state index is 0.541. The van der Waals surface area contributed by atoms with E-state index in [4.69, 9.17) is 0 Å². The second kappa shape index (κ2) is 14.0. The zero-order valence-corrected chi connectivity index (χ0v) is 13.4. The van der Waals surface area contributed by atoms with E-state index in [1.807, 2.05) is 32.9 Å². The molecule has 0 aromatic heterocycles. The highest BCUT2D eigenvalue weighted by atomic mass is 32.2. The van der Waals surface area contributed by atoms with Gasteiger partial charge in [0.2, 0.25) is 0 Å². The van der Waals surface area contributed by atoms with Crippen molar-refractivity contribution >= 4 is 17.3 Å². The standard InChI is InChI=1S/C14H21NS.C2H6/c1-6-8-14(12(2)3)10-7-9-13(4)16-11-15-5;1-2/h6-12H,4H2,1-3,5H3;1-2H3/b8-6-,9-7+,14-10+,15-11?;. The Morgan fingerprint density at radius 3 is 2.28 bits per heavy atom. The van der Waals surface area contributed by atoms with Gasteiger partial charge in [-0.3, -0.25) is 4.99 Å². The monoisotopic (exact) mass is 265 g/mol. The molecule has 0 rings (SSSR count). The third-order valence-corrected chi connectivity index (χ3v) is 2.66. The van der Waals surface area contributed by atoms with Crippen LogP contribution in [0, 0.1) is 5.92 Å². The van der Waals surface area contributed by atoms with E-state index >= 15 is 0 Å². The van der Waals surface area contributed by atoms with Crippen molar-refractivity contribution in [2.45, 2.75) is 34.6 Å². The third kappa shape index (κ3) is 11.5. The lowest BCUT2D eigenvalue weighted by Gasteiger charge is -2.04. The van der Waals surface area contributed by atoms with Gasteiger partial charge < -0.3 is 0 Å². The molecular formula is C16H27NS. The van der Waals surface area contributed by atoms with Crippen LogP contribution in [0.4, 0.5) is 0 Å². The summed E-state index contributed by atoms with van der Waals surface area (Å²) in [6.07, 6.45) is 10.4. The minimum absolute atomic E-state index is 0.541. The Bertz CT molecular complexity index is 320. The van der Waals surface area contributed by atoms with Crippen LogP contribution < -0.4 is 0 Å². The molecule has 0 fully saturated rings. The Labute approximate surface area is 117 Å². The highest BCUT2D eigenvalue weighted by Crippen LogP contribution is 2.14. The Morgan fingerprint density at radius 1 is 1.22 bits per heavy atom. The molecule has 0 N–H and O–H groups in total. The predicted octanol–water partition coefficient (Wildman–Crippen LogP) is 5.63. The molecule has 0 aromatic rings. The van der Waals surface area contributed by atoms with E-state index < -0.39 is 0 Å². The molecule has 0 bridgehead atoms. The van der Waals surface area contributed by atoms with Gasteiger partial charge >= 0.3 is 0 Å². The third-order valence-electron chi connectivity index (χ3n) is 1.91. The number of thioether (sulfide) groups is 1. The summed E-state index contributed by atoms with van der Waals surface area (Å²) in [5.74, 6) is 0.541. The first kappa shape index (κ1) is 19.3. The van der Waals surface area contributed by atoms with Crippen molar-refractivity contribution in [3.63, 3.8) is 0 Å². The van der Waals surface area contributed by atoms with Crippen molar-refractivity contribution in [1.29, 1.82) is 0 Å². The quantitative estimate of drug-likeness (QED) is 0.344. The first-order valence-electron chi connectivity index (χ1n) is 6.39. The van der Waals surface area contributed by atoms with Crippen LogP contribution in [0.15, 0.2) is 52.4 Å². The molecule has 0 radical (unpaired) electrons. The molecule has 0 heterocycles. The van der Waals surface area contributed by atoms with E-state index in [2.05, 4.69) is 43.6 Å². The Morgan fingerprint density at radius 2 is 1.83 bits per heavy atom. The lowest BCUT2D eigenvalue weighted by Crippen LogP contribution is -1.89. The molecule has 0 aliphatic heterocycles. The molecular weight excluding hydrogens is 238 g/mol. The summed E-state index contributed by atoms with van der Waals surface area (Å²) in [5.41, 5.74) is 3.10. The number of nitrogens with zero attached hydrogens (tertiary/aromatic N) is 1. The van der Waals surface area contributed by atoms with E-state index in [0.29, 0.717) is 5.92 Å². The fourth-order valence-electron chi connectivity index (χ4n) is 1.06. The van der Waals surface area contributed by atoms with Gasteiger partial charge in [-0.05, 0) is 24.5 Å². The largest absolute Gasteiger partial charge is 0.289 e. The summed E-state index contributed by atoms with van der Waals surface area (Å²) in [7, 11) is 1.76. The van der Waals surface area contributed by atoms with Crippen LogP contribution in [0.25, 0.3) is 0 Å². The molecule has 0 amide bonds. The maximum Gasteiger partial charge on any atom is 0.0585 e. The molecule has 0 aromatic carbocycles. The number of aliphatic imine (C=N–C) groups is 1. The summed E-state index contributed by atoms with van der Waals surface area (Å²) < 4.78 is 0. The summed E-state index contributed by atoms with van der Waals surface area (Å²) in [6.45, 7) is 14.3. The highest BCUT2D eigenvalue weighted by Gasteiger charge is 1.95. The molecule has 0 aliphatic rings. The SMILES string of the molecule is C=C(/C=C/C=C(\C=C/C)C(C)C)SC=NC.CC. The summed E-state index contributed by atoms with van der Waals surface area (Å²) in [6, 6.07) is 0. The van der Waals surface area contributed by atoms with Gasteiger partial charge in [0.05, 0.1) is 5.55 Å². The van der Waals surface area contributed by atoms with Gasteiger partial charge in [0.1, 0.15) is 0 Å². The Balaban J connectivity index is 0. The number of hydrogen-bond donors (Lipinski definition) is 0. The van der Waals surface area contributed by atoms with Gasteiger partial charge in [-0.1, -0.05) is 70.3 Å². The second-order valence-electron chi connectivity index (χ2n) is 3.63. The first-order chi connectivity index (χ1) is 8.61. The van der Waals surface area contributed by atoms with Gasteiger partial charge in [-0.15, -0.1) is 0 Å². The predicted molar refractivity (Wildman–Crippen MR) is 89.4 cm³/mol. The van der Waals surface area contributed by atoms with Crippen LogP contribution in [-0.2, 0) is 0 Å². The van der Waals surface area contributed by atoms with Crippen molar-refractivity contribution in [3.05, 3.63) is 47.4 Å². The van der Waals surface area contributed by atoms with Gasteiger partial charge in [-0.2, -0.15) is 0 Å². The van der Waals surface area contributed by atoms with Crippen LogP contribution in [0.3, 0.4) is 0 Å². The fraction of sp³-hybridized carbons (Fsp3) is 0.438. The number of allylic oxidation sites excluding steroid dienone is 6. The molecule has 0 unspecified atom stereocenters. The van der Waals surface area contributed by atoms with Crippen LogP contribution in [0.2, 0.25) is 0 Å². The van der Waals surface area contributed by atoms with Crippen LogP contribution in [0.1, 0.15) is 34.6 Å². The van der Waals surface area contributed by atoms with E-state index in [1.54, 1.807) is 12.6 Å². The number of rotatable bonds is 6. The van der Waals surface area contributed by atoms with Crippen LogP contribution >= 0.6 is 11.8 Å². The Kier molecular flexibility index (Phi) is 15.1. The normalized spacial score (nSPS) is 12.5. The first-order valence-corrected chi connectivity index (χ1v) is 7.27. The van der Waals surface area contributed by atoms with Crippen molar-refractivity contribution in [1.82, 2.24) is 0 Å². The van der Waals surface area contributed by atoms with Crippen molar-refractivity contribution < 1.29 is 0 Å². The van der Waals surface area contributed by atoms with Gasteiger partial charge in [-0.25, -0.2) is 0 Å². The minimum Gasteiger partial charge on any atom is -0.289 e. The maximum absolute atomic E-state index is 3.92. The Hall–Kier alpha value is -1.02. The van der Waals surface area contributed by atoms with Crippen molar-refractivity contribution in [2.24, 2.45) is 10.9 Å². The summed E-state index contributed by atoms with van der Waals surface area (Å²) >= 11 is 1.53. The molecule has 0 atom stereocenters. The average Bonchev–Trinajstić information content (AvgIpc) is 2.37. The molecule has 0 saturated heterocycles. The van der Waals surface area contributed by atoms with E-state index in [1.165, 1.54) is 17.3 Å². The number of hydrogen-bond acceptors (Lipinski definition) is 2. The molecule has 0 spiro atoms. The second-order valence-corrected chi connectivity index (χ2v) is 4.60. The summed E-state index contributed by atoms with van der Waals surface area (Å²) in [5, 5.41) is 0. The zero-order valence-electron chi connectivity index (χ0n) is 12.6. The maximum atomic E-state index is 3.92. The molecule has 1 nitrogen and oxygen atoms in total.